The van der Waals surface area contributed by atoms with Crippen LogP contribution in [0.2, 0.25) is 10.0 Å². The van der Waals surface area contributed by atoms with Crippen molar-refractivity contribution in [2.75, 3.05) is 18.4 Å². The Hall–Kier alpha value is -1.96. The number of rotatable bonds is 7. The Balaban J connectivity index is 2.40. The van der Waals surface area contributed by atoms with E-state index in [0.29, 0.717) is 6.54 Å². The second kappa shape index (κ2) is 8.62. The maximum absolute atomic E-state index is 12.7. The zero-order valence-corrected chi connectivity index (χ0v) is 16.5. The third kappa shape index (κ3) is 4.41. The van der Waals surface area contributed by atoms with Gasteiger partial charge in [-0.15, -0.1) is 0 Å². The Morgan fingerprint density at radius 3 is 2.46 bits per heavy atom. The lowest BCUT2D eigenvalue weighted by Crippen LogP contribution is -2.26. The van der Waals surface area contributed by atoms with Crippen LogP contribution in [0.3, 0.4) is 0 Å². The lowest BCUT2D eigenvalue weighted by atomic mass is 10.1. The van der Waals surface area contributed by atoms with Crippen molar-refractivity contribution in [3.63, 3.8) is 0 Å². The summed E-state index contributed by atoms with van der Waals surface area (Å²) in [6.45, 7) is 2.41. The molecule has 0 aliphatic carbocycles. The molecule has 0 atom stereocenters. The van der Waals surface area contributed by atoms with Gasteiger partial charge in [-0.3, -0.25) is 9.52 Å². The highest BCUT2D eigenvalue weighted by Gasteiger charge is 2.23. The van der Waals surface area contributed by atoms with Crippen LogP contribution in [-0.2, 0) is 10.0 Å². The zero-order valence-electron chi connectivity index (χ0n) is 14.2. The molecule has 0 aliphatic heterocycles. The molecule has 0 fully saturated rings. The fourth-order valence-corrected chi connectivity index (χ4v) is 4.10. The van der Waals surface area contributed by atoms with E-state index in [1.807, 2.05) is 6.92 Å². The zero-order chi connectivity index (χ0) is 19.3. The van der Waals surface area contributed by atoms with E-state index in [1.54, 1.807) is 12.1 Å². The molecule has 2 N–H and O–H groups in total. The van der Waals surface area contributed by atoms with Crippen LogP contribution in [0.15, 0.2) is 41.3 Å². The Morgan fingerprint density at radius 2 is 1.81 bits per heavy atom. The van der Waals surface area contributed by atoms with Gasteiger partial charge in [0.2, 0.25) is 0 Å². The molecule has 0 radical (unpaired) electrons. The average molecular weight is 417 g/mol. The maximum atomic E-state index is 12.7. The molecule has 140 valence electrons. The van der Waals surface area contributed by atoms with E-state index in [0.717, 1.165) is 6.42 Å². The number of amides is 1. The topological polar surface area (TPSA) is 84.5 Å². The van der Waals surface area contributed by atoms with Gasteiger partial charge in [0.05, 0.1) is 23.4 Å². The van der Waals surface area contributed by atoms with Crippen molar-refractivity contribution in [1.29, 1.82) is 0 Å². The molecule has 26 heavy (non-hydrogen) atoms. The van der Waals surface area contributed by atoms with Crippen molar-refractivity contribution in [3.8, 4) is 5.75 Å². The quantitative estimate of drug-likeness (QED) is 0.715. The van der Waals surface area contributed by atoms with Crippen molar-refractivity contribution in [1.82, 2.24) is 5.32 Å². The highest BCUT2D eigenvalue weighted by molar-refractivity contribution is 7.92. The first-order valence-corrected chi connectivity index (χ1v) is 9.97. The predicted molar refractivity (Wildman–Crippen MR) is 103 cm³/mol. The van der Waals surface area contributed by atoms with Crippen LogP contribution in [0.5, 0.6) is 5.75 Å². The second-order valence-corrected chi connectivity index (χ2v) is 7.71. The molecule has 2 aromatic carbocycles. The number of para-hydroxylation sites is 1. The van der Waals surface area contributed by atoms with Crippen molar-refractivity contribution >= 4 is 44.8 Å². The van der Waals surface area contributed by atoms with Crippen LogP contribution in [0.25, 0.3) is 0 Å². The van der Waals surface area contributed by atoms with E-state index in [1.165, 1.54) is 31.4 Å². The minimum absolute atomic E-state index is 0.00832. The first-order valence-electron chi connectivity index (χ1n) is 7.73. The van der Waals surface area contributed by atoms with E-state index < -0.39 is 10.0 Å². The van der Waals surface area contributed by atoms with Gasteiger partial charge < -0.3 is 10.1 Å². The molecule has 0 unspecified atom stereocenters. The molecule has 6 nitrogen and oxygen atoms in total. The normalized spacial score (nSPS) is 11.1. The van der Waals surface area contributed by atoms with Crippen molar-refractivity contribution < 1.29 is 17.9 Å². The van der Waals surface area contributed by atoms with E-state index in [-0.39, 0.29) is 37.8 Å². The highest BCUT2D eigenvalue weighted by atomic mass is 35.5. The average Bonchev–Trinajstić information content (AvgIpc) is 2.61. The number of carbonyl (C=O) groups is 1. The van der Waals surface area contributed by atoms with Crippen LogP contribution in [-0.4, -0.2) is 28.0 Å². The van der Waals surface area contributed by atoms with Gasteiger partial charge in [0.25, 0.3) is 15.9 Å². The predicted octanol–water partition coefficient (Wildman–Crippen LogP) is 3.94. The van der Waals surface area contributed by atoms with Gasteiger partial charge >= 0.3 is 0 Å². The number of sulfonamides is 1. The molecule has 0 aromatic heterocycles. The summed E-state index contributed by atoms with van der Waals surface area (Å²) >= 11 is 12.1. The summed E-state index contributed by atoms with van der Waals surface area (Å²) in [5, 5.41) is 2.54. The van der Waals surface area contributed by atoms with Gasteiger partial charge in [-0.2, -0.15) is 0 Å². The van der Waals surface area contributed by atoms with Crippen molar-refractivity contribution in [2.45, 2.75) is 18.2 Å². The Kier molecular flexibility index (Phi) is 6.75. The number of nitrogens with one attached hydrogen (secondary N) is 2. The number of ether oxygens (including phenoxy) is 1. The fraction of sp³-hybridized carbons (Fsp3) is 0.235. The standard InChI is InChI=1S/C17H18Cl2N2O4S/c1-3-10-20-17(22)11-6-4-5-7-12(11)21-26(23,24)14-9-8-13(25-2)15(18)16(14)19/h4-9,21H,3,10H2,1-2H3,(H,20,22). The van der Waals surface area contributed by atoms with E-state index in [4.69, 9.17) is 27.9 Å². The van der Waals surface area contributed by atoms with E-state index in [2.05, 4.69) is 10.0 Å². The number of hydrogen-bond donors (Lipinski definition) is 2. The van der Waals surface area contributed by atoms with Crippen LogP contribution in [0, 0.1) is 0 Å². The third-order valence-corrected chi connectivity index (χ3v) is 5.86. The largest absolute Gasteiger partial charge is 0.495 e. The summed E-state index contributed by atoms with van der Waals surface area (Å²) in [4.78, 5) is 12.0. The summed E-state index contributed by atoms with van der Waals surface area (Å²) in [5.74, 6) is -0.112. The lowest BCUT2D eigenvalue weighted by molar-refractivity contribution is 0.0954. The molecule has 0 aliphatic rings. The van der Waals surface area contributed by atoms with Gasteiger partial charge in [0.1, 0.15) is 15.7 Å². The van der Waals surface area contributed by atoms with E-state index in [9.17, 15) is 13.2 Å². The minimum atomic E-state index is -4.07. The monoisotopic (exact) mass is 416 g/mol. The van der Waals surface area contributed by atoms with Crippen molar-refractivity contribution in [2.24, 2.45) is 0 Å². The van der Waals surface area contributed by atoms with Crippen LogP contribution in [0.4, 0.5) is 5.69 Å². The number of carbonyl (C=O) groups excluding carboxylic acids is 1. The first-order chi connectivity index (χ1) is 12.3. The molecular weight excluding hydrogens is 399 g/mol. The number of benzene rings is 2. The molecule has 9 heteroatoms. The van der Waals surface area contributed by atoms with Crippen LogP contribution in [0.1, 0.15) is 23.7 Å². The van der Waals surface area contributed by atoms with Crippen molar-refractivity contribution in [3.05, 3.63) is 52.0 Å². The summed E-state index contributed by atoms with van der Waals surface area (Å²) < 4.78 is 32.9. The SMILES string of the molecule is CCCNC(=O)c1ccccc1NS(=O)(=O)c1ccc(OC)c(Cl)c1Cl. The highest BCUT2D eigenvalue weighted by Crippen LogP contribution is 2.37. The third-order valence-electron chi connectivity index (χ3n) is 3.47. The fourth-order valence-electron chi connectivity index (χ4n) is 2.18. The van der Waals surface area contributed by atoms with Gasteiger partial charge in [0, 0.05) is 6.54 Å². The molecule has 0 saturated heterocycles. The maximum Gasteiger partial charge on any atom is 0.263 e. The molecule has 0 heterocycles. The molecular formula is C17H18Cl2N2O4S. The Labute approximate surface area is 162 Å². The number of hydrogen-bond acceptors (Lipinski definition) is 4. The van der Waals surface area contributed by atoms with Gasteiger partial charge in [-0.25, -0.2) is 8.42 Å². The van der Waals surface area contributed by atoms with Gasteiger partial charge in [-0.05, 0) is 30.7 Å². The summed E-state index contributed by atoms with van der Waals surface area (Å²) in [7, 11) is -2.67. The summed E-state index contributed by atoms with van der Waals surface area (Å²) in [5.41, 5.74) is 0.351. The molecule has 0 saturated carbocycles. The van der Waals surface area contributed by atoms with Gasteiger partial charge in [0.15, 0.2) is 0 Å². The second-order valence-electron chi connectivity index (χ2n) is 5.30. The van der Waals surface area contributed by atoms with Gasteiger partial charge in [-0.1, -0.05) is 42.3 Å². The molecule has 0 bridgehead atoms. The Morgan fingerprint density at radius 1 is 1.12 bits per heavy atom. The molecule has 0 spiro atoms. The number of anilines is 1. The van der Waals surface area contributed by atoms with E-state index >= 15 is 0 Å². The number of halogens is 2. The Bertz CT molecular complexity index is 917. The molecule has 2 rings (SSSR count). The first kappa shape index (κ1) is 20.4. The lowest BCUT2D eigenvalue weighted by Gasteiger charge is -2.14. The van der Waals surface area contributed by atoms with Crippen LogP contribution < -0.4 is 14.8 Å². The summed E-state index contributed by atoms with van der Waals surface area (Å²) in [6.07, 6.45) is 0.763. The molecule has 1 amide bonds. The smallest absolute Gasteiger partial charge is 0.263 e. The van der Waals surface area contributed by atoms with Crippen LogP contribution >= 0.6 is 23.2 Å². The minimum Gasteiger partial charge on any atom is -0.495 e. The molecule has 2 aromatic rings. The number of methoxy groups -OCH3 is 1. The summed E-state index contributed by atoms with van der Waals surface area (Å²) in [6, 6.07) is 8.99.